The SMILES string of the molecule is CN(C)C(=O)Nc1cncc(-c2cnc3n[nH]c(-c4nc5c(-c6cccc(F)c6)cccc5[nH]4)c3c2)c1. The molecule has 182 valence electrons. The van der Waals surface area contributed by atoms with Crippen LogP contribution in [-0.2, 0) is 0 Å². The molecule has 6 aromatic rings. The Morgan fingerprint density at radius 1 is 0.973 bits per heavy atom. The maximum Gasteiger partial charge on any atom is 0.321 e. The van der Waals surface area contributed by atoms with Crippen molar-refractivity contribution in [2.45, 2.75) is 0 Å². The zero-order valence-corrected chi connectivity index (χ0v) is 20.0. The van der Waals surface area contributed by atoms with Gasteiger partial charge in [0.25, 0.3) is 0 Å². The second kappa shape index (κ2) is 8.83. The molecule has 0 fully saturated rings. The highest BCUT2D eigenvalue weighted by molar-refractivity contribution is 5.97. The maximum absolute atomic E-state index is 13.9. The fraction of sp³-hybridized carbons (Fsp3) is 0.0741. The molecule has 2 amide bonds. The molecule has 10 heteroatoms. The monoisotopic (exact) mass is 492 g/mol. The summed E-state index contributed by atoms with van der Waals surface area (Å²) in [6.45, 7) is 0. The maximum atomic E-state index is 13.9. The predicted octanol–water partition coefficient (Wildman–Crippen LogP) is 5.46. The third-order valence-corrected chi connectivity index (χ3v) is 6.02. The number of pyridine rings is 2. The number of urea groups is 1. The number of carbonyl (C=O) groups excluding carboxylic acids is 1. The molecular weight excluding hydrogens is 471 g/mol. The zero-order valence-electron chi connectivity index (χ0n) is 20.0. The van der Waals surface area contributed by atoms with Crippen molar-refractivity contribution in [3.63, 3.8) is 0 Å². The molecule has 0 unspecified atom stereocenters. The molecule has 0 saturated heterocycles. The summed E-state index contributed by atoms with van der Waals surface area (Å²) in [5, 5.41) is 11.0. The van der Waals surface area contributed by atoms with E-state index in [2.05, 4.69) is 30.5 Å². The Hall–Kier alpha value is -5.12. The number of benzene rings is 2. The standard InChI is InChI=1S/C27H21FN8O/c1-36(2)27(37)31-19-10-16(12-29-14-19)17-11-21-24(34-35-25(21)30-13-17)26-32-22-8-4-7-20(23(22)33-26)15-5-3-6-18(28)9-15/h3-14H,1-2H3,(H,31,37)(H,32,33)(H,30,34,35). The number of nitrogens with zero attached hydrogens (tertiary/aromatic N) is 5. The molecule has 4 aromatic heterocycles. The van der Waals surface area contributed by atoms with Gasteiger partial charge in [-0.3, -0.25) is 10.1 Å². The van der Waals surface area contributed by atoms with Crippen LogP contribution in [0.25, 0.3) is 55.8 Å². The van der Waals surface area contributed by atoms with Crippen LogP contribution in [0.2, 0.25) is 0 Å². The molecule has 0 aliphatic rings. The van der Waals surface area contributed by atoms with Gasteiger partial charge in [0.05, 0.1) is 28.3 Å². The molecule has 2 aromatic carbocycles. The summed E-state index contributed by atoms with van der Waals surface area (Å²) in [7, 11) is 3.34. The molecule has 37 heavy (non-hydrogen) atoms. The molecular formula is C27H21FN8O. The number of hydrogen-bond donors (Lipinski definition) is 3. The highest BCUT2D eigenvalue weighted by Crippen LogP contribution is 2.33. The van der Waals surface area contributed by atoms with Crippen molar-refractivity contribution in [3.8, 4) is 33.8 Å². The van der Waals surface area contributed by atoms with Gasteiger partial charge in [0, 0.05) is 43.2 Å². The van der Waals surface area contributed by atoms with Gasteiger partial charge < -0.3 is 15.2 Å². The van der Waals surface area contributed by atoms with E-state index in [1.807, 2.05) is 36.4 Å². The molecule has 0 bridgehead atoms. The smallest absolute Gasteiger partial charge is 0.321 e. The minimum atomic E-state index is -0.303. The minimum Gasteiger partial charge on any atom is -0.337 e. The first kappa shape index (κ1) is 22.4. The van der Waals surface area contributed by atoms with Crippen LogP contribution in [0.15, 0.2) is 73.2 Å². The van der Waals surface area contributed by atoms with E-state index in [1.54, 1.807) is 38.8 Å². The van der Waals surface area contributed by atoms with Gasteiger partial charge in [0.1, 0.15) is 11.5 Å². The Morgan fingerprint density at radius 2 is 1.81 bits per heavy atom. The molecule has 0 atom stereocenters. The number of halogens is 1. The summed E-state index contributed by atoms with van der Waals surface area (Å²) in [5.41, 5.74) is 6.49. The van der Waals surface area contributed by atoms with E-state index in [0.29, 0.717) is 22.9 Å². The normalized spacial score (nSPS) is 11.2. The lowest BCUT2D eigenvalue weighted by molar-refractivity contribution is 0.230. The Bertz CT molecular complexity index is 1790. The molecule has 0 aliphatic heterocycles. The van der Waals surface area contributed by atoms with Gasteiger partial charge in [-0.1, -0.05) is 24.3 Å². The Labute approximate surface area is 210 Å². The van der Waals surface area contributed by atoms with E-state index in [0.717, 1.165) is 38.7 Å². The molecule has 0 radical (unpaired) electrons. The average molecular weight is 493 g/mol. The largest absolute Gasteiger partial charge is 0.337 e. The van der Waals surface area contributed by atoms with Crippen molar-refractivity contribution in [1.82, 2.24) is 35.0 Å². The minimum absolute atomic E-state index is 0.243. The van der Waals surface area contributed by atoms with Crippen LogP contribution in [0.3, 0.4) is 0 Å². The Balaban J connectivity index is 1.41. The summed E-state index contributed by atoms with van der Waals surface area (Å²) in [6, 6.07) is 15.8. The lowest BCUT2D eigenvalue weighted by Gasteiger charge is -2.12. The lowest BCUT2D eigenvalue weighted by Crippen LogP contribution is -2.27. The van der Waals surface area contributed by atoms with Crippen molar-refractivity contribution >= 4 is 33.8 Å². The van der Waals surface area contributed by atoms with Crippen molar-refractivity contribution in [3.05, 3.63) is 79.0 Å². The summed E-state index contributed by atoms with van der Waals surface area (Å²) in [6.07, 6.45) is 5.01. The van der Waals surface area contributed by atoms with Gasteiger partial charge >= 0.3 is 6.03 Å². The van der Waals surface area contributed by atoms with Crippen molar-refractivity contribution in [2.75, 3.05) is 19.4 Å². The summed E-state index contributed by atoms with van der Waals surface area (Å²) in [5.74, 6) is 0.286. The van der Waals surface area contributed by atoms with Crippen LogP contribution < -0.4 is 5.32 Å². The van der Waals surface area contributed by atoms with Gasteiger partial charge in [0.15, 0.2) is 11.5 Å². The molecule has 9 nitrogen and oxygen atoms in total. The number of fused-ring (bicyclic) bond motifs is 2. The molecule has 4 heterocycles. The van der Waals surface area contributed by atoms with Gasteiger partial charge in [-0.25, -0.2) is 19.2 Å². The number of rotatable bonds is 4. The Kier molecular flexibility index (Phi) is 5.33. The van der Waals surface area contributed by atoms with Crippen LogP contribution in [0.5, 0.6) is 0 Å². The number of H-pyrrole nitrogens is 2. The second-order valence-corrected chi connectivity index (χ2v) is 8.78. The van der Waals surface area contributed by atoms with Crippen LogP contribution in [0.4, 0.5) is 14.9 Å². The van der Waals surface area contributed by atoms with Crippen LogP contribution in [-0.4, -0.2) is 55.2 Å². The molecule has 0 saturated carbocycles. The van der Waals surface area contributed by atoms with E-state index in [-0.39, 0.29) is 11.8 Å². The van der Waals surface area contributed by atoms with Crippen LogP contribution in [0.1, 0.15) is 0 Å². The number of amides is 2. The number of aromatic amines is 2. The van der Waals surface area contributed by atoms with Crippen LogP contribution in [0, 0.1) is 5.82 Å². The van der Waals surface area contributed by atoms with Gasteiger partial charge in [0.2, 0.25) is 0 Å². The predicted molar refractivity (Wildman–Crippen MR) is 140 cm³/mol. The van der Waals surface area contributed by atoms with E-state index < -0.39 is 0 Å². The number of nitrogens with one attached hydrogen (secondary N) is 3. The number of anilines is 1. The molecule has 0 aliphatic carbocycles. The quantitative estimate of drug-likeness (QED) is 0.302. The summed E-state index contributed by atoms with van der Waals surface area (Å²) < 4.78 is 13.9. The fourth-order valence-corrected chi connectivity index (χ4v) is 4.18. The molecule has 0 spiro atoms. The average Bonchev–Trinajstić information content (AvgIpc) is 3.52. The van der Waals surface area contributed by atoms with E-state index in [1.165, 1.54) is 17.0 Å². The van der Waals surface area contributed by atoms with Gasteiger partial charge in [-0.2, -0.15) is 5.10 Å². The summed E-state index contributed by atoms with van der Waals surface area (Å²) >= 11 is 0. The van der Waals surface area contributed by atoms with Gasteiger partial charge in [-0.15, -0.1) is 0 Å². The third kappa shape index (κ3) is 4.14. The van der Waals surface area contributed by atoms with Crippen molar-refractivity contribution in [2.24, 2.45) is 0 Å². The van der Waals surface area contributed by atoms with E-state index in [9.17, 15) is 9.18 Å². The van der Waals surface area contributed by atoms with Crippen molar-refractivity contribution in [1.29, 1.82) is 0 Å². The topological polar surface area (TPSA) is 115 Å². The fourth-order valence-electron chi connectivity index (χ4n) is 4.18. The van der Waals surface area contributed by atoms with Gasteiger partial charge in [-0.05, 0) is 35.9 Å². The second-order valence-electron chi connectivity index (χ2n) is 8.78. The number of carbonyl (C=O) groups is 1. The first-order valence-electron chi connectivity index (χ1n) is 11.5. The first-order chi connectivity index (χ1) is 18.0. The number of aromatic nitrogens is 6. The highest BCUT2D eigenvalue weighted by Gasteiger charge is 2.16. The lowest BCUT2D eigenvalue weighted by atomic mass is 10.0. The van der Waals surface area contributed by atoms with E-state index in [4.69, 9.17) is 4.98 Å². The first-order valence-corrected chi connectivity index (χ1v) is 11.5. The molecule has 3 N–H and O–H groups in total. The van der Waals surface area contributed by atoms with E-state index >= 15 is 0 Å². The number of para-hydroxylation sites is 1. The Morgan fingerprint density at radius 3 is 2.65 bits per heavy atom. The van der Waals surface area contributed by atoms with Crippen LogP contribution >= 0.6 is 0 Å². The number of hydrogen-bond acceptors (Lipinski definition) is 5. The van der Waals surface area contributed by atoms with Crippen molar-refractivity contribution < 1.29 is 9.18 Å². The third-order valence-electron chi connectivity index (χ3n) is 6.02. The summed E-state index contributed by atoms with van der Waals surface area (Å²) in [4.78, 5) is 30.4. The number of imidazole rings is 1. The zero-order chi connectivity index (χ0) is 25.5. The highest BCUT2D eigenvalue weighted by atomic mass is 19.1. The molecule has 6 rings (SSSR count).